The molecule has 8 heteroatoms. The van der Waals surface area contributed by atoms with Crippen LogP contribution in [0.15, 0.2) is 42.5 Å². The van der Waals surface area contributed by atoms with E-state index in [4.69, 9.17) is 28.9 Å². The third-order valence-electron chi connectivity index (χ3n) is 6.44. The predicted octanol–water partition coefficient (Wildman–Crippen LogP) is 6.05. The Bertz CT molecular complexity index is 884. The van der Waals surface area contributed by atoms with Gasteiger partial charge in [0.1, 0.15) is 0 Å². The fourth-order valence-electron chi connectivity index (χ4n) is 4.32. The summed E-state index contributed by atoms with van der Waals surface area (Å²) in [6.07, 6.45) is 4.18. The first-order valence-corrected chi connectivity index (χ1v) is 12.4. The normalized spacial score (nSPS) is 15.4. The minimum atomic E-state index is -0.00231. The monoisotopic (exact) mass is 547 g/mol. The van der Waals surface area contributed by atoms with Crippen molar-refractivity contribution in [1.82, 2.24) is 10.2 Å². The van der Waals surface area contributed by atoms with Crippen molar-refractivity contribution in [3.05, 3.63) is 69.2 Å². The van der Waals surface area contributed by atoms with Gasteiger partial charge in [0, 0.05) is 18.2 Å². The maximum atomic E-state index is 12.8. The fourth-order valence-corrected chi connectivity index (χ4v) is 4.64. The van der Waals surface area contributed by atoms with Crippen molar-refractivity contribution in [3.63, 3.8) is 0 Å². The van der Waals surface area contributed by atoms with Crippen molar-refractivity contribution in [2.75, 3.05) is 26.2 Å². The number of benzene rings is 2. The zero-order chi connectivity index (χ0) is 23.1. The molecule has 1 saturated heterocycles. The minimum absolute atomic E-state index is 0. The van der Waals surface area contributed by atoms with E-state index in [-0.39, 0.29) is 36.8 Å². The number of nitrogens with two attached hydrogens (primary N) is 1. The van der Waals surface area contributed by atoms with E-state index >= 15 is 0 Å². The van der Waals surface area contributed by atoms with Crippen molar-refractivity contribution in [3.8, 4) is 0 Å². The highest BCUT2D eigenvalue weighted by molar-refractivity contribution is 6.42. The fraction of sp³-hybridized carbons (Fsp3) is 0.500. The second-order valence-corrected chi connectivity index (χ2v) is 10.1. The van der Waals surface area contributed by atoms with E-state index in [1.807, 2.05) is 36.4 Å². The van der Waals surface area contributed by atoms with Gasteiger partial charge in [0.25, 0.3) is 5.91 Å². The van der Waals surface area contributed by atoms with Gasteiger partial charge in [-0.25, -0.2) is 0 Å². The van der Waals surface area contributed by atoms with Crippen LogP contribution in [-0.4, -0.2) is 43.0 Å². The third kappa shape index (κ3) is 9.22. The number of piperidine rings is 1. The molecular weight excluding hydrogens is 512 g/mol. The molecule has 2 aromatic carbocycles. The molecular formula is C26H37Cl4N3O. The second kappa shape index (κ2) is 15.2. The molecule has 1 heterocycles. The molecule has 2 aromatic rings. The van der Waals surface area contributed by atoms with Crippen LogP contribution in [0.5, 0.6) is 0 Å². The number of likely N-dealkylation sites (tertiary alicyclic amines) is 1. The Kier molecular flexibility index (Phi) is 13.8. The lowest BCUT2D eigenvalue weighted by molar-refractivity contribution is 0.0893. The molecule has 1 aliphatic rings. The Morgan fingerprint density at radius 1 is 1.03 bits per heavy atom. The van der Waals surface area contributed by atoms with Gasteiger partial charge in [-0.2, -0.15) is 0 Å². The van der Waals surface area contributed by atoms with E-state index in [1.165, 1.54) is 5.56 Å². The first kappa shape index (κ1) is 31.0. The lowest BCUT2D eigenvalue weighted by Crippen LogP contribution is -2.48. The summed E-state index contributed by atoms with van der Waals surface area (Å²) in [5.74, 6) is 1.02. The lowest BCUT2D eigenvalue weighted by Gasteiger charge is -2.35. The molecule has 0 bridgehead atoms. The first-order valence-electron chi connectivity index (χ1n) is 11.6. The van der Waals surface area contributed by atoms with E-state index < -0.39 is 0 Å². The molecule has 1 amide bonds. The average Bonchev–Trinajstić information content (AvgIpc) is 2.77. The maximum absolute atomic E-state index is 12.8. The van der Waals surface area contributed by atoms with Crippen molar-refractivity contribution < 1.29 is 4.79 Å². The molecule has 0 saturated carbocycles. The molecule has 0 radical (unpaired) electrons. The zero-order valence-corrected chi connectivity index (χ0v) is 23.1. The topological polar surface area (TPSA) is 58.4 Å². The van der Waals surface area contributed by atoms with E-state index in [0.717, 1.165) is 50.9 Å². The highest BCUT2D eigenvalue weighted by atomic mass is 35.5. The quantitative estimate of drug-likeness (QED) is 0.401. The summed E-state index contributed by atoms with van der Waals surface area (Å²) >= 11 is 12.2. The molecule has 190 valence electrons. The number of carbonyl (C=O) groups excluding carboxylic acids is 1. The summed E-state index contributed by atoms with van der Waals surface area (Å²) in [6, 6.07) is 13.8. The van der Waals surface area contributed by atoms with Crippen LogP contribution in [0.3, 0.4) is 0 Å². The van der Waals surface area contributed by atoms with Gasteiger partial charge in [0.15, 0.2) is 0 Å². The van der Waals surface area contributed by atoms with Gasteiger partial charge in [-0.1, -0.05) is 55.2 Å². The molecule has 1 fully saturated rings. The summed E-state index contributed by atoms with van der Waals surface area (Å²) in [6.45, 7) is 7.95. The van der Waals surface area contributed by atoms with Crippen LogP contribution in [0.4, 0.5) is 0 Å². The number of hydrogen-bond acceptors (Lipinski definition) is 3. The van der Waals surface area contributed by atoms with Crippen LogP contribution >= 0.6 is 48.0 Å². The van der Waals surface area contributed by atoms with Crippen LogP contribution < -0.4 is 11.1 Å². The number of nitrogens with zero attached hydrogens (tertiary/aromatic N) is 1. The standard InChI is InChI=1S/C26H35Cl2N3O.2ClH/c1-18(2)25(30-26(32)22-6-3-19(4-7-22)9-12-29)17-31-13-10-20(11-14-31)15-21-5-8-23(27)24(28)16-21;;/h3-8,16,18,20,25H,9-15,17,29H2,1-2H3,(H,30,32);2*1H. The van der Waals surface area contributed by atoms with E-state index in [0.29, 0.717) is 34.0 Å². The van der Waals surface area contributed by atoms with Gasteiger partial charge >= 0.3 is 0 Å². The van der Waals surface area contributed by atoms with Crippen molar-refractivity contribution in [2.24, 2.45) is 17.6 Å². The zero-order valence-electron chi connectivity index (χ0n) is 19.9. The van der Waals surface area contributed by atoms with Gasteiger partial charge < -0.3 is 16.0 Å². The summed E-state index contributed by atoms with van der Waals surface area (Å²) in [5.41, 5.74) is 8.73. The van der Waals surface area contributed by atoms with Crippen LogP contribution in [0, 0.1) is 11.8 Å². The SMILES string of the molecule is CC(C)C(CN1CCC(Cc2ccc(Cl)c(Cl)c2)CC1)NC(=O)c1ccc(CCN)cc1.Cl.Cl. The van der Waals surface area contributed by atoms with Crippen molar-refractivity contribution >= 4 is 53.9 Å². The molecule has 1 atom stereocenters. The van der Waals surface area contributed by atoms with Crippen molar-refractivity contribution in [2.45, 2.75) is 45.6 Å². The Hall–Kier alpha value is -1.01. The summed E-state index contributed by atoms with van der Waals surface area (Å²) in [7, 11) is 0. The lowest BCUT2D eigenvalue weighted by atomic mass is 9.89. The molecule has 1 aliphatic heterocycles. The van der Waals surface area contributed by atoms with Gasteiger partial charge in [-0.3, -0.25) is 4.79 Å². The summed E-state index contributed by atoms with van der Waals surface area (Å²) in [4.78, 5) is 15.3. The minimum Gasteiger partial charge on any atom is -0.348 e. The van der Waals surface area contributed by atoms with Gasteiger partial charge in [-0.15, -0.1) is 24.8 Å². The number of amides is 1. The van der Waals surface area contributed by atoms with E-state index in [9.17, 15) is 4.79 Å². The van der Waals surface area contributed by atoms with E-state index in [2.05, 4.69) is 30.1 Å². The number of halogens is 4. The third-order valence-corrected chi connectivity index (χ3v) is 7.18. The molecule has 4 nitrogen and oxygen atoms in total. The predicted molar refractivity (Wildman–Crippen MR) is 149 cm³/mol. The Balaban J connectivity index is 0.00000289. The highest BCUT2D eigenvalue weighted by Gasteiger charge is 2.25. The van der Waals surface area contributed by atoms with Crippen molar-refractivity contribution in [1.29, 1.82) is 0 Å². The number of hydrogen-bond donors (Lipinski definition) is 2. The largest absolute Gasteiger partial charge is 0.348 e. The van der Waals surface area contributed by atoms with Gasteiger partial charge in [0.05, 0.1) is 10.0 Å². The molecule has 3 N–H and O–H groups in total. The van der Waals surface area contributed by atoms with Crippen LogP contribution in [0.2, 0.25) is 10.0 Å². The highest BCUT2D eigenvalue weighted by Crippen LogP contribution is 2.27. The molecule has 0 aliphatic carbocycles. The van der Waals surface area contributed by atoms with Gasteiger partial charge in [0.2, 0.25) is 0 Å². The first-order chi connectivity index (χ1) is 15.4. The average molecular weight is 549 g/mol. The molecule has 3 rings (SSSR count). The number of rotatable bonds is 9. The summed E-state index contributed by atoms with van der Waals surface area (Å²) < 4.78 is 0. The van der Waals surface area contributed by atoms with Crippen LogP contribution in [-0.2, 0) is 12.8 Å². The van der Waals surface area contributed by atoms with Crippen LogP contribution in [0.1, 0.15) is 48.2 Å². The smallest absolute Gasteiger partial charge is 0.251 e. The van der Waals surface area contributed by atoms with E-state index in [1.54, 1.807) is 0 Å². The second-order valence-electron chi connectivity index (χ2n) is 9.26. The molecule has 0 aromatic heterocycles. The Labute approximate surface area is 226 Å². The maximum Gasteiger partial charge on any atom is 0.251 e. The number of nitrogens with one attached hydrogen (secondary N) is 1. The molecule has 0 spiro atoms. The Morgan fingerprint density at radius 3 is 2.21 bits per heavy atom. The Morgan fingerprint density at radius 2 is 1.65 bits per heavy atom. The molecule has 34 heavy (non-hydrogen) atoms. The number of carbonyl (C=O) groups is 1. The molecule has 1 unspecified atom stereocenters. The summed E-state index contributed by atoms with van der Waals surface area (Å²) in [5, 5.41) is 4.50. The van der Waals surface area contributed by atoms with Gasteiger partial charge in [-0.05, 0) is 92.5 Å². The van der Waals surface area contributed by atoms with Crippen LogP contribution in [0.25, 0.3) is 0 Å².